The maximum Gasteiger partial charge on any atom is 0.123 e. The van der Waals surface area contributed by atoms with E-state index in [0.29, 0.717) is 26.4 Å². The molecule has 0 aromatic heterocycles. The molecule has 2 aromatic carbocycles. The van der Waals surface area contributed by atoms with Crippen molar-refractivity contribution in [2.75, 3.05) is 57.4 Å². The third-order valence-electron chi connectivity index (χ3n) is 5.32. The van der Waals surface area contributed by atoms with Crippen molar-refractivity contribution in [2.45, 2.75) is 20.0 Å². The number of halogens is 3. The maximum atomic E-state index is 13.1. The summed E-state index contributed by atoms with van der Waals surface area (Å²) < 4.78 is 24.3. The molecule has 3 rings (SSSR count). The molecular weight excluding hydrogens is 442 g/mol. The number of nitrogens with zero attached hydrogens (tertiary/aromatic N) is 2. The van der Waals surface area contributed by atoms with Crippen LogP contribution in [0.1, 0.15) is 11.1 Å². The molecule has 2 aromatic rings. The fraction of sp³-hybridized carbons (Fsp3) is 0.478. The Kier molecular flexibility index (Phi) is 12.2. The van der Waals surface area contributed by atoms with Crippen LogP contribution in [0, 0.1) is 19.7 Å². The standard InChI is InChI=1S/C23H31FN2O3.2ClH/c1-18-3-8-23(15-19(18)2)29-14-13-28-17-22(27)16-25-9-11-26(12-10-25)21-6-4-20(24)5-7-21;;/h3-8,15,22,27H,9-14,16-17H2,1-2H3;2*1H. The molecular formula is C23H33Cl2FN2O3. The van der Waals surface area contributed by atoms with Gasteiger partial charge in [-0.3, -0.25) is 4.90 Å². The number of hydrogen-bond donors (Lipinski definition) is 1. The highest BCUT2D eigenvalue weighted by atomic mass is 35.5. The van der Waals surface area contributed by atoms with E-state index in [-0.39, 0.29) is 30.6 Å². The molecule has 1 fully saturated rings. The summed E-state index contributed by atoms with van der Waals surface area (Å²) in [7, 11) is 0. The monoisotopic (exact) mass is 474 g/mol. The van der Waals surface area contributed by atoms with Gasteiger partial charge in [-0.2, -0.15) is 0 Å². The molecule has 0 saturated carbocycles. The number of aliphatic hydroxyl groups excluding tert-OH is 1. The topological polar surface area (TPSA) is 45.2 Å². The summed E-state index contributed by atoms with van der Waals surface area (Å²) in [6.07, 6.45) is -0.519. The molecule has 1 heterocycles. The molecule has 1 saturated heterocycles. The minimum atomic E-state index is -0.519. The van der Waals surface area contributed by atoms with E-state index in [9.17, 15) is 9.50 Å². The Morgan fingerprint density at radius 3 is 2.26 bits per heavy atom. The molecule has 0 radical (unpaired) electrons. The van der Waals surface area contributed by atoms with Gasteiger partial charge in [-0.1, -0.05) is 6.07 Å². The van der Waals surface area contributed by atoms with Crippen LogP contribution in [0.4, 0.5) is 10.1 Å². The highest BCUT2D eigenvalue weighted by Crippen LogP contribution is 2.17. The fourth-order valence-electron chi connectivity index (χ4n) is 3.43. The number of rotatable bonds is 9. The lowest BCUT2D eigenvalue weighted by molar-refractivity contribution is 0.00718. The minimum absolute atomic E-state index is 0. The third-order valence-corrected chi connectivity index (χ3v) is 5.32. The van der Waals surface area contributed by atoms with Crippen LogP contribution in [0.3, 0.4) is 0 Å². The summed E-state index contributed by atoms with van der Waals surface area (Å²) in [6.45, 7) is 9.40. The first-order valence-corrected chi connectivity index (χ1v) is 10.2. The van der Waals surface area contributed by atoms with Gasteiger partial charge in [0.1, 0.15) is 18.2 Å². The molecule has 31 heavy (non-hydrogen) atoms. The minimum Gasteiger partial charge on any atom is -0.491 e. The van der Waals surface area contributed by atoms with E-state index in [2.05, 4.69) is 23.6 Å². The lowest BCUT2D eigenvalue weighted by Gasteiger charge is -2.36. The number of aryl methyl sites for hydroxylation is 2. The van der Waals surface area contributed by atoms with Crippen LogP contribution in [0.25, 0.3) is 0 Å². The van der Waals surface area contributed by atoms with Crippen LogP contribution in [0.5, 0.6) is 5.75 Å². The third kappa shape index (κ3) is 8.83. The smallest absolute Gasteiger partial charge is 0.123 e. The van der Waals surface area contributed by atoms with Crippen molar-refractivity contribution in [3.8, 4) is 5.75 Å². The quantitative estimate of drug-likeness (QED) is 0.558. The predicted molar refractivity (Wildman–Crippen MR) is 128 cm³/mol. The molecule has 1 N–H and O–H groups in total. The van der Waals surface area contributed by atoms with Crippen LogP contribution in [-0.2, 0) is 4.74 Å². The zero-order valence-electron chi connectivity index (χ0n) is 18.1. The van der Waals surface area contributed by atoms with Gasteiger partial charge >= 0.3 is 0 Å². The Morgan fingerprint density at radius 2 is 1.61 bits per heavy atom. The SMILES string of the molecule is Cc1ccc(OCCOCC(O)CN2CCN(c3ccc(F)cc3)CC2)cc1C.Cl.Cl. The van der Waals surface area contributed by atoms with Gasteiger partial charge in [0, 0.05) is 38.4 Å². The molecule has 174 valence electrons. The van der Waals surface area contributed by atoms with Crippen LogP contribution >= 0.6 is 24.8 Å². The van der Waals surface area contributed by atoms with E-state index in [0.717, 1.165) is 37.6 Å². The highest BCUT2D eigenvalue weighted by Gasteiger charge is 2.19. The van der Waals surface area contributed by atoms with Crippen molar-refractivity contribution >= 4 is 30.5 Å². The zero-order valence-corrected chi connectivity index (χ0v) is 19.8. The molecule has 1 aliphatic rings. The first kappa shape index (κ1) is 27.5. The molecule has 1 atom stereocenters. The summed E-state index contributed by atoms with van der Waals surface area (Å²) in [6, 6.07) is 12.6. The van der Waals surface area contributed by atoms with E-state index in [1.54, 1.807) is 0 Å². The predicted octanol–water partition coefficient (Wildman–Crippen LogP) is 3.86. The second-order valence-corrected chi connectivity index (χ2v) is 7.59. The lowest BCUT2D eigenvalue weighted by atomic mass is 10.1. The Bertz CT molecular complexity index is 772. The summed E-state index contributed by atoms with van der Waals surface area (Å²) in [5, 5.41) is 10.2. The average molecular weight is 475 g/mol. The number of anilines is 1. The van der Waals surface area contributed by atoms with Crippen LogP contribution in [0.15, 0.2) is 42.5 Å². The van der Waals surface area contributed by atoms with Gasteiger partial charge in [0.2, 0.25) is 0 Å². The van der Waals surface area contributed by atoms with Gasteiger partial charge in [0.05, 0.1) is 19.3 Å². The van der Waals surface area contributed by atoms with Gasteiger partial charge in [-0.25, -0.2) is 4.39 Å². The number of aliphatic hydroxyl groups is 1. The summed E-state index contributed by atoms with van der Waals surface area (Å²) in [5.41, 5.74) is 3.49. The highest BCUT2D eigenvalue weighted by molar-refractivity contribution is 5.85. The van der Waals surface area contributed by atoms with Crippen LogP contribution in [0.2, 0.25) is 0 Å². The Balaban J connectivity index is 0.00000240. The Hall–Kier alpha value is -1.57. The van der Waals surface area contributed by atoms with Gasteiger partial charge in [-0.15, -0.1) is 24.8 Å². The second-order valence-electron chi connectivity index (χ2n) is 7.59. The summed E-state index contributed by atoms with van der Waals surface area (Å²) in [4.78, 5) is 4.47. The van der Waals surface area contributed by atoms with Crippen LogP contribution < -0.4 is 9.64 Å². The molecule has 0 spiro atoms. The maximum absolute atomic E-state index is 13.1. The molecule has 0 bridgehead atoms. The second kappa shape index (κ2) is 13.8. The van der Waals surface area contributed by atoms with E-state index >= 15 is 0 Å². The van der Waals surface area contributed by atoms with E-state index in [1.165, 1.54) is 23.3 Å². The van der Waals surface area contributed by atoms with Crippen molar-refractivity contribution < 1.29 is 19.0 Å². The zero-order chi connectivity index (χ0) is 20.6. The van der Waals surface area contributed by atoms with Gasteiger partial charge in [0.25, 0.3) is 0 Å². The van der Waals surface area contributed by atoms with Crippen molar-refractivity contribution in [2.24, 2.45) is 0 Å². The molecule has 0 amide bonds. The van der Waals surface area contributed by atoms with Crippen molar-refractivity contribution in [3.05, 3.63) is 59.4 Å². The normalized spacial score (nSPS) is 15.0. The van der Waals surface area contributed by atoms with E-state index in [1.807, 2.05) is 30.3 Å². The Labute approximate surface area is 197 Å². The number of ether oxygens (including phenoxy) is 2. The van der Waals surface area contributed by atoms with E-state index < -0.39 is 6.10 Å². The molecule has 0 aliphatic carbocycles. The van der Waals surface area contributed by atoms with Crippen LogP contribution in [-0.4, -0.2) is 68.7 Å². The Morgan fingerprint density at radius 1 is 0.935 bits per heavy atom. The van der Waals surface area contributed by atoms with Crippen molar-refractivity contribution in [1.29, 1.82) is 0 Å². The first-order valence-electron chi connectivity index (χ1n) is 10.2. The van der Waals surface area contributed by atoms with Gasteiger partial charge < -0.3 is 19.5 Å². The molecule has 5 nitrogen and oxygen atoms in total. The molecule has 8 heteroatoms. The number of hydrogen-bond acceptors (Lipinski definition) is 5. The molecule has 1 aliphatic heterocycles. The number of β-amino-alcohol motifs (C(OH)–C–C–N with tert-alkyl or cyclic N) is 1. The molecule has 1 unspecified atom stereocenters. The summed E-state index contributed by atoms with van der Waals surface area (Å²) in [5.74, 6) is 0.631. The van der Waals surface area contributed by atoms with Crippen molar-refractivity contribution in [1.82, 2.24) is 4.90 Å². The first-order chi connectivity index (χ1) is 14.0. The fourth-order valence-corrected chi connectivity index (χ4v) is 3.43. The number of piperazine rings is 1. The largest absolute Gasteiger partial charge is 0.491 e. The lowest BCUT2D eigenvalue weighted by Crippen LogP contribution is -2.49. The average Bonchev–Trinajstić information content (AvgIpc) is 2.71. The van der Waals surface area contributed by atoms with Gasteiger partial charge in [0.15, 0.2) is 0 Å². The summed E-state index contributed by atoms with van der Waals surface area (Å²) >= 11 is 0. The number of benzene rings is 2. The van der Waals surface area contributed by atoms with Gasteiger partial charge in [-0.05, 0) is 61.4 Å². The van der Waals surface area contributed by atoms with E-state index in [4.69, 9.17) is 9.47 Å². The van der Waals surface area contributed by atoms with Crippen molar-refractivity contribution in [3.63, 3.8) is 0 Å².